The molecule has 0 saturated heterocycles. The Hall–Kier alpha value is -2.15. The zero-order valence-corrected chi connectivity index (χ0v) is 16.4. The van der Waals surface area contributed by atoms with Crippen molar-refractivity contribution >= 4 is 5.91 Å². The molecule has 1 saturated carbocycles. The molecule has 0 spiro atoms. The normalized spacial score (nSPS) is 18.0. The molecule has 2 aromatic heterocycles. The molecule has 7 heteroatoms. The molecule has 0 aromatic carbocycles. The van der Waals surface area contributed by atoms with Gasteiger partial charge in [-0.15, -0.1) is 0 Å². The molecule has 0 bridgehead atoms. The summed E-state index contributed by atoms with van der Waals surface area (Å²) in [5.74, 6) is 0.419. The quantitative estimate of drug-likeness (QED) is 0.847. The van der Waals surface area contributed by atoms with E-state index in [-0.39, 0.29) is 11.8 Å². The fourth-order valence-corrected chi connectivity index (χ4v) is 3.92. The van der Waals surface area contributed by atoms with Gasteiger partial charge in [0.1, 0.15) is 0 Å². The molecule has 2 aromatic rings. The van der Waals surface area contributed by atoms with Gasteiger partial charge in [0, 0.05) is 50.4 Å². The number of hydrogen-bond acceptors (Lipinski definition) is 4. The highest BCUT2D eigenvalue weighted by molar-refractivity contribution is 5.79. The summed E-state index contributed by atoms with van der Waals surface area (Å²) in [6.07, 6.45) is 6.51. The van der Waals surface area contributed by atoms with E-state index < -0.39 is 0 Å². The van der Waals surface area contributed by atoms with Crippen molar-refractivity contribution in [1.29, 1.82) is 0 Å². The van der Waals surface area contributed by atoms with E-state index >= 15 is 0 Å². The highest BCUT2D eigenvalue weighted by Crippen LogP contribution is 2.26. The van der Waals surface area contributed by atoms with E-state index in [1.165, 1.54) is 17.7 Å². The lowest BCUT2D eigenvalue weighted by molar-refractivity contribution is -0.127. The number of aryl methyl sites for hydroxylation is 3. The SMILES string of the molecule is CCn1cc(CN2CCCn3nc(CNC(=O)C4CCC4)cc3C2)c(C)n1. The van der Waals surface area contributed by atoms with Gasteiger partial charge in [0.25, 0.3) is 0 Å². The van der Waals surface area contributed by atoms with Gasteiger partial charge >= 0.3 is 0 Å². The van der Waals surface area contributed by atoms with Crippen LogP contribution in [0.4, 0.5) is 0 Å². The van der Waals surface area contributed by atoms with Crippen molar-refractivity contribution in [2.24, 2.45) is 5.92 Å². The zero-order chi connectivity index (χ0) is 18.8. The second-order valence-corrected chi connectivity index (χ2v) is 7.86. The second kappa shape index (κ2) is 7.84. The van der Waals surface area contributed by atoms with Gasteiger partial charge in [0.2, 0.25) is 5.91 Å². The molecule has 27 heavy (non-hydrogen) atoms. The van der Waals surface area contributed by atoms with Crippen molar-refractivity contribution in [1.82, 2.24) is 29.8 Å². The molecule has 0 radical (unpaired) electrons. The second-order valence-electron chi connectivity index (χ2n) is 7.86. The van der Waals surface area contributed by atoms with E-state index in [9.17, 15) is 4.79 Å². The molecule has 1 aliphatic heterocycles. The molecule has 146 valence electrons. The molecule has 1 aliphatic carbocycles. The van der Waals surface area contributed by atoms with Crippen LogP contribution in [0.2, 0.25) is 0 Å². The average Bonchev–Trinajstić information content (AvgIpc) is 3.09. The maximum Gasteiger partial charge on any atom is 0.223 e. The van der Waals surface area contributed by atoms with Crippen LogP contribution in [0.1, 0.15) is 55.3 Å². The standard InChI is InChI=1S/C20H30N6O/c1-3-25-13-17(15(2)22-25)12-24-8-5-9-26-19(14-24)10-18(23-26)11-21-20(27)16-6-4-7-16/h10,13,16H,3-9,11-12,14H2,1-2H3,(H,21,27). The van der Waals surface area contributed by atoms with Gasteiger partial charge in [0.15, 0.2) is 0 Å². The number of fused-ring (bicyclic) bond motifs is 1. The first-order chi connectivity index (χ1) is 13.1. The third-order valence-corrected chi connectivity index (χ3v) is 5.83. The number of amides is 1. The minimum atomic E-state index is 0.189. The predicted octanol–water partition coefficient (Wildman–Crippen LogP) is 2.23. The minimum absolute atomic E-state index is 0.189. The number of nitrogens with zero attached hydrogens (tertiary/aromatic N) is 5. The van der Waals surface area contributed by atoms with Gasteiger partial charge in [0.05, 0.1) is 23.6 Å². The maximum absolute atomic E-state index is 12.0. The molecule has 0 atom stereocenters. The minimum Gasteiger partial charge on any atom is -0.350 e. The number of carbonyl (C=O) groups excluding carboxylic acids is 1. The summed E-state index contributed by atoms with van der Waals surface area (Å²) in [5.41, 5.74) is 4.63. The van der Waals surface area contributed by atoms with Gasteiger partial charge < -0.3 is 5.32 Å². The van der Waals surface area contributed by atoms with Gasteiger partial charge in [-0.05, 0) is 39.2 Å². The molecule has 1 amide bonds. The van der Waals surface area contributed by atoms with E-state index in [4.69, 9.17) is 5.10 Å². The molecule has 1 N–H and O–H groups in total. The van der Waals surface area contributed by atoms with Crippen LogP contribution in [-0.2, 0) is 37.5 Å². The Morgan fingerprint density at radius 3 is 2.81 bits per heavy atom. The van der Waals surface area contributed by atoms with E-state index in [1.54, 1.807) is 0 Å². The average molecular weight is 371 g/mol. The summed E-state index contributed by atoms with van der Waals surface area (Å²) < 4.78 is 4.13. The Kier molecular flexibility index (Phi) is 5.29. The summed E-state index contributed by atoms with van der Waals surface area (Å²) in [4.78, 5) is 14.5. The third kappa shape index (κ3) is 4.08. The van der Waals surface area contributed by atoms with Crippen LogP contribution in [0.25, 0.3) is 0 Å². The van der Waals surface area contributed by atoms with Crippen molar-refractivity contribution in [3.8, 4) is 0 Å². The van der Waals surface area contributed by atoms with Crippen molar-refractivity contribution in [2.75, 3.05) is 6.54 Å². The number of aromatic nitrogens is 4. The van der Waals surface area contributed by atoms with Gasteiger partial charge in [-0.3, -0.25) is 19.1 Å². The number of nitrogens with one attached hydrogen (secondary N) is 1. The first-order valence-electron chi connectivity index (χ1n) is 10.2. The largest absolute Gasteiger partial charge is 0.350 e. The highest BCUT2D eigenvalue weighted by atomic mass is 16.1. The monoisotopic (exact) mass is 370 g/mol. The van der Waals surface area contributed by atoms with Crippen LogP contribution in [0.3, 0.4) is 0 Å². The third-order valence-electron chi connectivity index (χ3n) is 5.83. The fourth-order valence-electron chi connectivity index (χ4n) is 3.92. The molecule has 2 aliphatic rings. The Balaban J connectivity index is 1.38. The topological polar surface area (TPSA) is 68.0 Å². The van der Waals surface area contributed by atoms with Gasteiger partial charge in [-0.25, -0.2) is 0 Å². The summed E-state index contributed by atoms with van der Waals surface area (Å²) in [7, 11) is 0. The smallest absolute Gasteiger partial charge is 0.223 e. The van der Waals surface area contributed by atoms with E-state index in [0.29, 0.717) is 6.54 Å². The fraction of sp³-hybridized carbons (Fsp3) is 0.650. The van der Waals surface area contributed by atoms with E-state index in [1.807, 2.05) is 4.68 Å². The molecule has 3 heterocycles. The van der Waals surface area contributed by atoms with E-state index in [0.717, 1.165) is 63.4 Å². The Morgan fingerprint density at radius 1 is 1.26 bits per heavy atom. The first-order valence-corrected chi connectivity index (χ1v) is 10.2. The zero-order valence-electron chi connectivity index (χ0n) is 16.4. The van der Waals surface area contributed by atoms with Crippen LogP contribution < -0.4 is 5.32 Å². The maximum atomic E-state index is 12.0. The number of carbonyl (C=O) groups is 1. The van der Waals surface area contributed by atoms with Crippen LogP contribution >= 0.6 is 0 Å². The highest BCUT2D eigenvalue weighted by Gasteiger charge is 2.25. The Morgan fingerprint density at radius 2 is 2.11 bits per heavy atom. The predicted molar refractivity (Wildman–Crippen MR) is 103 cm³/mol. The van der Waals surface area contributed by atoms with Crippen molar-refractivity contribution < 1.29 is 4.79 Å². The van der Waals surface area contributed by atoms with E-state index in [2.05, 4.69) is 46.1 Å². The van der Waals surface area contributed by atoms with Gasteiger partial charge in [-0.1, -0.05) is 6.42 Å². The van der Waals surface area contributed by atoms with Crippen LogP contribution in [0.5, 0.6) is 0 Å². The van der Waals surface area contributed by atoms with Crippen LogP contribution in [-0.4, -0.2) is 36.9 Å². The lowest BCUT2D eigenvalue weighted by Gasteiger charge is -2.23. The molecular weight excluding hydrogens is 340 g/mol. The van der Waals surface area contributed by atoms with Crippen molar-refractivity contribution in [3.05, 3.63) is 34.9 Å². The summed E-state index contributed by atoms with van der Waals surface area (Å²) in [5, 5.41) is 12.3. The van der Waals surface area contributed by atoms with Crippen LogP contribution in [0, 0.1) is 12.8 Å². The lowest BCUT2D eigenvalue weighted by Crippen LogP contribution is -2.34. The molecule has 7 nitrogen and oxygen atoms in total. The number of rotatable bonds is 6. The van der Waals surface area contributed by atoms with Crippen LogP contribution in [0.15, 0.2) is 12.3 Å². The first kappa shape index (κ1) is 18.2. The van der Waals surface area contributed by atoms with Crippen molar-refractivity contribution in [2.45, 2.75) is 72.3 Å². The molecule has 0 unspecified atom stereocenters. The summed E-state index contributed by atoms with van der Waals surface area (Å²) in [6, 6.07) is 2.15. The Bertz CT molecular complexity index is 803. The Labute approximate surface area is 160 Å². The number of hydrogen-bond donors (Lipinski definition) is 1. The summed E-state index contributed by atoms with van der Waals surface area (Å²) >= 11 is 0. The molecular formula is C20H30N6O. The van der Waals surface area contributed by atoms with Crippen molar-refractivity contribution in [3.63, 3.8) is 0 Å². The molecule has 4 rings (SSSR count). The molecule has 1 fully saturated rings. The summed E-state index contributed by atoms with van der Waals surface area (Å²) in [6.45, 7) is 9.47. The lowest BCUT2D eigenvalue weighted by atomic mass is 9.85. The van der Waals surface area contributed by atoms with Gasteiger partial charge in [-0.2, -0.15) is 10.2 Å².